The van der Waals surface area contributed by atoms with Gasteiger partial charge in [-0.3, -0.25) is 9.69 Å². The summed E-state index contributed by atoms with van der Waals surface area (Å²) in [5.41, 5.74) is 2.98. The van der Waals surface area contributed by atoms with Crippen LogP contribution in [0, 0.1) is 5.92 Å². The summed E-state index contributed by atoms with van der Waals surface area (Å²) in [6.07, 6.45) is 0.490. The molecule has 0 saturated carbocycles. The topological polar surface area (TPSA) is 85.8 Å². The fourth-order valence-electron chi connectivity index (χ4n) is 3.64. The Morgan fingerprint density at radius 1 is 1.16 bits per heavy atom. The van der Waals surface area contributed by atoms with Gasteiger partial charge in [-0.1, -0.05) is 38.1 Å². The van der Waals surface area contributed by atoms with E-state index in [9.17, 15) is 14.7 Å². The second-order valence-corrected chi connectivity index (χ2v) is 9.54. The number of carbonyl (C=O) groups excluding carboxylic acids is 1. The number of hydrogen-bond acceptors (Lipinski definition) is 6. The average molecular weight is 445 g/mol. The zero-order valence-corrected chi connectivity index (χ0v) is 19.3. The highest BCUT2D eigenvalue weighted by molar-refractivity contribution is 7.13. The number of carboxylic acid groups (broad SMARTS) is 1. The number of thiazole rings is 1. The summed E-state index contributed by atoms with van der Waals surface area (Å²) in [5, 5.41) is 14.6. The lowest BCUT2D eigenvalue weighted by Crippen LogP contribution is -2.43. The number of nitrogens with one attached hydrogen (secondary N) is 1. The molecule has 2 aromatic rings. The summed E-state index contributed by atoms with van der Waals surface area (Å²) in [5.74, 6) is -1.13. The molecule has 1 fully saturated rings. The third-order valence-corrected chi connectivity index (χ3v) is 6.38. The van der Waals surface area contributed by atoms with E-state index in [1.165, 1.54) is 16.9 Å². The van der Waals surface area contributed by atoms with Crippen LogP contribution in [0.25, 0.3) is 10.6 Å². The Bertz CT molecular complexity index is 873. The fraction of sp³-hybridized carbons (Fsp3) is 0.522. The third-order valence-electron chi connectivity index (χ3n) is 5.44. The van der Waals surface area contributed by atoms with E-state index in [2.05, 4.69) is 51.4 Å². The number of aromatic nitrogens is 1. The summed E-state index contributed by atoms with van der Waals surface area (Å²) in [6.45, 7) is 9.23. The van der Waals surface area contributed by atoms with E-state index in [-0.39, 0.29) is 18.2 Å². The van der Waals surface area contributed by atoms with Crippen LogP contribution in [0.2, 0.25) is 0 Å². The molecule has 1 amide bonds. The molecular weight excluding hydrogens is 412 g/mol. The number of piperazine rings is 1. The van der Waals surface area contributed by atoms with Crippen LogP contribution >= 0.6 is 11.3 Å². The van der Waals surface area contributed by atoms with E-state index in [0.29, 0.717) is 12.1 Å². The highest BCUT2D eigenvalue weighted by atomic mass is 32.1. The number of amides is 1. The number of hydrogen-bond donors (Lipinski definition) is 2. The van der Waals surface area contributed by atoms with Gasteiger partial charge in [0.15, 0.2) is 0 Å². The third kappa shape index (κ3) is 7.12. The van der Waals surface area contributed by atoms with Crippen LogP contribution in [0.4, 0.5) is 0 Å². The molecule has 2 N–H and O–H groups in total. The standard InChI is InChI=1S/C23H32N4O3S/c1-16(2)12-20(23(29)30)25-21(28)13-19-15-31-22(24-19)18-6-4-17(5-7-18)14-27-10-8-26(3)9-11-27/h4-7,15-16,20H,8-14H2,1-3H3,(H,25,28)(H,29,30). The first-order valence-electron chi connectivity index (χ1n) is 10.8. The van der Waals surface area contributed by atoms with Crippen molar-refractivity contribution < 1.29 is 14.7 Å². The van der Waals surface area contributed by atoms with Gasteiger partial charge in [0.05, 0.1) is 12.1 Å². The van der Waals surface area contributed by atoms with Gasteiger partial charge < -0.3 is 15.3 Å². The molecule has 8 heteroatoms. The Balaban J connectivity index is 1.55. The van der Waals surface area contributed by atoms with Crippen molar-refractivity contribution >= 4 is 23.2 Å². The van der Waals surface area contributed by atoms with Gasteiger partial charge in [-0.05, 0) is 24.9 Å². The SMILES string of the molecule is CC(C)CC(NC(=O)Cc1csc(-c2ccc(CN3CCN(C)CC3)cc2)n1)C(=O)O. The lowest BCUT2D eigenvalue weighted by atomic mass is 10.0. The van der Waals surface area contributed by atoms with Crippen molar-refractivity contribution in [2.75, 3.05) is 33.2 Å². The molecule has 1 saturated heterocycles. The van der Waals surface area contributed by atoms with Crippen molar-refractivity contribution in [1.29, 1.82) is 0 Å². The Morgan fingerprint density at radius 3 is 2.45 bits per heavy atom. The molecule has 7 nitrogen and oxygen atoms in total. The largest absolute Gasteiger partial charge is 0.480 e. The van der Waals surface area contributed by atoms with Gasteiger partial charge >= 0.3 is 5.97 Å². The molecule has 1 aliphatic heterocycles. The molecule has 1 atom stereocenters. The fourth-order valence-corrected chi connectivity index (χ4v) is 4.47. The predicted octanol–water partition coefficient (Wildman–Crippen LogP) is 2.72. The molecule has 0 aliphatic carbocycles. The van der Waals surface area contributed by atoms with Gasteiger partial charge in [-0.25, -0.2) is 9.78 Å². The smallest absolute Gasteiger partial charge is 0.326 e. The van der Waals surface area contributed by atoms with Crippen molar-refractivity contribution in [3.63, 3.8) is 0 Å². The van der Waals surface area contributed by atoms with Crippen molar-refractivity contribution in [2.24, 2.45) is 5.92 Å². The molecule has 0 radical (unpaired) electrons. The maximum Gasteiger partial charge on any atom is 0.326 e. The molecule has 0 spiro atoms. The average Bonchev–Trinajstić information content (AvgIpc) is 3.17. The van der Waals surface area contributed by atoms with Crippen molar-refractivity contribution in [3.05, 3.63) is 40.9 Å². The lowest BCUT2D eigenvalue weighted by molar-refractivity contribution is -0.142. The number of rotatable bonds is 9. The maximum absolute atomic E-state index is 12.3. The molecular formula is C23H32N4O3S. The van der Waals surface area contributed by atoms with Gasteiger partial charge in [0.25, 0.3) is 0 Å². The van der Waals surface area contributed by atoms with E-state index in [4.69, 9.17) is 0 Å². The minimum Gasteiger partial charge on any atom is -0.480 e. The monoisotopic (exact) mass is 444 g/mol. The van der Waals surface area contributed by atoms with Crippen LogP contribution in [0.5, 0.6) is 0 Å². The quantitative estimate of drug-likeness (QED) is 0.619. The van der Waals surface area contributed by atoms with E-state index < -0.39 is 12.0 Å². The molecule has 2 heterocycles. The zero-order chi connectivity index (χ0) is 22.4. The van der Waals surface area contributed by atoms with Gasteiger partial charge in [0, 0.05) is 43.7 Å². The maximum atomic E-state index is 12.3. The molecule has 1 aromatic carbocycles. The molecule has 168 valence electrons. The number of carboxylic acids is 1. The van der Waals surface area contributed by atoms with Crippen LogP contribution in [-0.4, -0.2) is 71.0 Å². The Labute approximate surface area is 188 Å². The van der Waals surface area contributed by atoms with Gasteiger partial charge in [0.1, 0.15) is 11.0 Å². The normalized spacial score (nSPS) is 16.4. The summed E-state index contributed by atoms with van der Waals surface area (Å²) in [4.78, 5) is 33.0. The van der Waals surface area contributed by atoms with Crippen LogP contribution in [-0.2, 0) is 22.6 Å². The Kier molecular flexibility index (Phi) is 8.17. The van der Waals surface area contributed by atoms with E-state index >= 15 is 0 Å². The highest BCUT2D eigenvalue weighted by Crippen LogP contribution is 2.25. The molecule has 1 aliphatic rings. The predicted molar refractivity (Wildman–Crippen MR) is 123 cm³/mol. The summed E-state index contributed by atoms with van der Waals surface area (Å²) >= 11 is 1.50. The zero-order valence-electron chi connectivity index (χ0n) is 18.5. The summed E-state index contributed by atoms with van der Waals surface area (Å²) in [6, 6.07) is 7.59. The number of aliphatic carboxylic acids is 1. The number of carbonyl (C=O) groups is 2. The van der Waals surface area contributed by atoms with Crippen LogP contribution in [0.15, 0.2) is 29.6 Å². The minimum absolute atomic E-state index is 0.0832. The highest BCUT2D eigenvalue weighted by Gasteiger charge is 2.21. The number of nitrogens with zero attached hydrogens (tertiary/aromatic N) is 3. The minimum atomic E-state index is -1.00. The van der Waals surface area contributed by atoms with Gasteiger partial charge in [-0.15, -0.1) is 11.3 Å². The van der Waals surface area contributed by atoms with E-state index in [1.807, 2.05) is 19.2 Å². The van der Waals surface area contributed by atoms with Crippen molar-refractivity contribution in [3.8, 4) is 10.6 Å². The first-order chi connectivity index (χ1) is 14.8. The van der Waals surface area contributed by atoms with Crippen LogP contribution in [0.3, 0.4) is 0 Å². The van der Waals surface area contributed by atoms with Gasteiger partial charge in [-0.2, -0.15) is 0 Å². The Morgan fingerprint density at radius 2 is 1.84 bits per heavy atom. The molecule has 3 rings (SSSR count). The van der Waals surface area contributed by atoms with E-state index in [1.54, 1.807) is 0 Å². The molecule has 1 aromatic heterocycles. The van der Waals surface area contributed by atoms with Crippen LogP contribution < -0.4 is 5.32 Å². The molecule has 31 heavy (non-hydrogen) atoms. The van der Waals surface area contributed by atoms with Crippen LogP contribution in [0.1, 0.15) is 31.5 Å². The van der Waals surface area contributed by atoms with Crippen molar-refractivity contribution in [1.82, 2.24) is 20.1 Å². The second-order valence-electron chi connectivity index (χ2n) is 8.69. The number of benzene rings is 1. The first kappa shape index (κ1) is 23.4. The summed E-state index contributed by atoms with van der Waals surface area (Å²) < 4.78 is 0. The number of likely N-dealkylation sites (N-methyl/N-ethyl adjacent to an activating group) is 1. The second kappa shape index (κ2) is 10.8. The van der Waals surface area contributed by atoms with Crippen molar-refractivity contribution in [2.45, 2.75) is 39.3 Å². The lowest BCUT2D eigenvalue weighted by Gasteiger charge is -2.32. The first-order valence-corrected chi connectivity index (χ1v) is 11.6. The Hall–Kier alpha value is -2.29. The van der Waals surface area contributed by atoms with E-state index in [0.717, 1.165) is 43.3 Å². The van der Waals surface area contributed by atoms with Gasteiger partial charge in [0.2, 0.25) is 5.91 Å². The molecule has 1 unspecified atom stereocenters. The molecule has 0 bridgehead atoms. The summed E-state index contributed by atoms with van der Waals surface area (Å²) in [7, 11) is 2.16.